The van der Waals surface area contributed by atoms with Gasteiger partial charge >= 0.3 is 0 Å². The predicted octanol–water partition coefficient (Wildman–Crippen LogP) is 1.77. The lowest BCUT2D eigenvalue weighted by Gasteiger charge is -2.10. The molecular formula is C9H16N4. The van der Waals surface area contributed by atoms with Crippen LogP contribution in [0.25, 0.3) is 0 Å². The van der Waals surface area contributed by atoms with Gasteiger partial charge in [0.05, 0.1) is 0 Å². The highest BCUT2D eigenvalue weighted by Gasteiger charge is 2.07. The summed E-state index contributed by atoms with van der Waals surface area (Å²) in [7, 11) is 0. The SMILES string of the molecule is Cc1nnc(C)n1/N=C/C(C)(C)C. The largest absolute Gasteiger partial charge is 0.202 e. The van der Waals surface area contributed by atoms with Gasteiger partial charge in [-0.15, -0.1) is 10.2 Å². The fourth-order valence-electron chi connectivity index (χ4n) is 0.862. The molecule has 0 amide bonds. The van der Waals surface area contributed by atoms with Gasteiger partial charge in [0.15, 0.2) is 11.6 Å². The minimum Gasteiger partial charge on any atom is -0.202 e. The second-order valence-electron chi connectivity index (χ2n) is 4.22. The average Bonchev–Trinajstić information content (AvgIpc) is 2.27. The molecule has 1 aromatic heterocycles. The molecule has 0 spiro atoms. The molecule has 0 unspecified atom stereocenters. The highest BCUT2D eigenvalue weighted by atomic mass is 15.4. The number of rotatable bonds is 1. The van der Waals surface area contributed by atoms with E-state index >= 15 is 0 Å². The summed E-state index contributed by atoms with van der Waals surface area (Å²) >= 11 is 0. The molecule has 0 aliphatic heterocycles. The fraction of sp³-hybridized carbons (Fsp3) is 0.667. The highest BCUT2D eigenvalue weighted by Crippen LogP contribution is 2.09. The van der Waals surface area contributed by atoms with Crippen LogP contribution in [0.15, 0.2) is 5.10 Å². The summed E-state index contributed by atoms with van der Waals surface area (Å²) in [5, 5.41) is 12.1. The van der Waals surface area contributed by atoms with E-state index < -0.39 is 0 Å². The van der Waals surface area contributed by atoms with Gasteiger partial charge in [0.1, 0.15) is 0 Å². The molecule has 0 radical (unpaired) electrons. The lowest BCUT2D eigenvalue weighted by Crippen LogP contribution is -2.08. The Morgan fingerprint density at radius 2 is 1.62 bits per heavy atom. The quantitative estimate of drug-likeness (QED) is 0.618. The zero-order valence-corrected chi connectivity index (χ0v) is 8.87. The topological polar surface area (TPSA) is 43.1 Å². The Morgan fingerprint density at radius 3 is 2.00 bits per heavy atom. The van der Waals surface area contributed by atoms with Crippen LogP contribution in [-0.4, -0.2) is 21.1 Å². The summed E-state index contributed by atoms with van der Waals surface area (Å²) in [6.07, 6.45) is 1.90. The second kappa shape index (κ2) is 3.28. The summed E-state index contributed by atoms with van der Waals surface area (Å²) < 4.78 is 1.74. The van der Waals surface area contributed by atoms with Crippen molar-refractivity contribution in [2.45, 2.75) is 34.6 Å². The first-order valence-corrected chi connectivity index (χ1v) is 4.34. The van der Waals surface area contributed by atoms with Crippen LogP contribution >= 0.6 is 0 Å². The maximum absolute atomic E-state index is 4.30. The van der Waals surface area contributed by atoms with Crippen LogP contribution in [0.3, 0.4) is 0 Å². The summed E-state index contributed by atoms with van der Waals surface area (Å²) in [6, 6.07) is 0. The molecular weight excluding hydrogens is 164 g/mol. The molecule has 1 heterocycles. The van der Waals surface area contributed by atoms with Crippen molar-refractivity contribution >= 4 is 6.21 Å². The van der Waals surface area contributed by atoms with E-state index in [0.717, 1.165) is 11.6 Å². The minimum absolute atomic E-state index is 0.0865. The monoisotopic (exact) mass is 180 g/mol. The van der Waals surface area contributed by atoms with E-state index in [1.807, 2.05) is 20.1 Å². The van der Waals surface area contributed by atoms with Crippen LogP contribution in [0.2, 0.25) is 0 Å². The molecule has 0 saturated carbocycles. The van der Waals surface area contributed by atoms with Crippen molar-refractivity contribution < 1.29 is 0 Å². The Kier molecular flexibility index (Phi) is 2.50. The standard InChI is InChI=1S/C9H16N4/c1-7-11-12-8(2)13(7)10-6-9(3,4)5/h6H,1-5H3/b10-6+. The molecule has 0 aliphatic rings. The lowest BCUT2D eigenvalue weighted by molar-refractivity contribution is 0.597. The van der Waals surface area contributed by atoms with Crippen molar-refractivity contribution in [1.82, 2.24) is 14.9 Å². The third kappa shape index (κ3) is 2.65. The molecule has 1 aromatic rings. The number of nitrogens with zero attached hydrogens (tertiary/aromatic N) is 4. The minimum atomic E-state index is 0.0865. The van der Waals surface area contributed by atoms with E-state index in [1.54, 1.807) is 4.68 Å². The molecule has 1 rings (SSSR count). The Labute approximate surface area is 78.7 Å². The van der Waals surface area contributed by atoms with E-state index in [-0.39, 0.29) is 5.41 Å². The molecule has 4 heteroatoms. The summed E-state index contributed by atoms with van der Waals surface area (Å²) in [5.41, 5.74) is 0.0865. The normalized spacial score (nSPS) is 12.7. The van der Waals surface area contributed by atoms with E-state index in [0.29, 0.717) is 0 Å². The second-order valence-corrected chi connectivity index (χ2v) is 4.22. The van der Waals surface area contributed by atoms with Crippen molar-refractivity contribution in [2.24, 2.45) is 10.5 Å². The Bertz CT molecular complexity index is 297. The predicted molar refractivity (Wildman–Crippen MR) is 52.8 cm³/mol. The third-order valence-corrected chi connectivity index (χ3v) is 1.51. The van der Waals surface area contributed by atoms with Gasteiger partial charge in [0.25, 0.3) is 0 Å². The Balaban J connectivity index is 2.92. The van der Waals surface area contributed by atoms with Crippen LogP contribution in [-0.2, 0) is 0 Å². The van der Waals surface area contributed by atoms with Gasteiger partial charge < -0.3 is 0 Å². The van der Waals surface area contributed by atoms with E-state index in [9.17, 15) is 0 Å². The first kappa shape index (κ1) is 9.89. The van der Waals surface area contributed by atoms with Gasteiger partial charge in [-0.1, -0.05) is 20.8 Å². The van der Waals surface area contributed by atoms with Crippen molar-refractivity contribution in [1.29, 1.82) is 0 Å². The molecule has 0 aromatic carbocycles. The molecule has 0 N–H and O–H groups in total. The first-order valence-electron chi connectivity index (χ1n) is 4.34. The van der Waals surface area contributed by atoms with Crippen molar-refractivity contribution in [2.75, 3.05) is 0 Å². The van der Waals surface area contributed by atoms with Gasteiger partial charge in [-0.25, -0.2) is 4.68 Å². The molecule has 0 saturated heterocycles. The van der Waals surface area contributed by atoms with Gasteiger partial charge in [0, 0.05) is 6.21 Å². The number of hydrogen-bond donors (Lipinski definition) is 0. The van der Waals surface area contributed by atoms with Crippen LogP contribution in [0.5, 0.6) is 0 Å². The molecule has 0 bridgehead atoms. The summed E-state index contributed by atoms with van der Waals surface area (Å²) in [5.74, 6) is 1.64. The maximum Gasteiger partial charge on any atom is 0.151 e. The van der Waals surface area contributed by atoms with Gasteiger partial charge in [-0.05, 0) is 19.3 Å². The number of hydrogen-bond acceptors (Lipinski definition) is 3. The Morgan fingerprint density at radius 1 is 1.15 bits per heavy atom. The molecule has 0 aliphatic carbocycles. The maximum atomic E-state index is 4.30. The third-order valence-electron chi connectivity index (χ3n) is 1.51. The molecule has 13 heavy (non-hydrogen) atoms. The summed E-state index contributed by atoms with van der Waals surface area (Å²) in [4.78, 5) is 0. The average molecular weight is 180 g/mol. The summed E-state index contributed by atoms with van der Waals surface area (Å²) in [6.45, 7) is 10.1. The van der Waals surface area contributed by atoms with E-state index in [2.05, 4.69) is 36.1 Å². The van der Waals surface area contributed by atoms with Crippen LogP contribution in [0, 0.1) is 19.3 Å². The molecule has 72 valence electrons. The van der Waals surface area contributed by atoms with Crippen molar-refractivity contribution in [3.05, 3.63) is 11.6 Å². The van der Waals surface area contributed by atoms with E-state index in [4.69, 9.17) is 0 Å². The van der Waals surface area contributed by atoms with Crippen molar-refractivity contribution in [3.8, 4) is 0 Å². The van der Waals surface area contributed by atoms with Crippen LogP contribution in [0.4, 0.5) is 0 Å². The first-order chi connectivity index (χ1) is 5.90. The smallest absolute Gasteiger partial charge is 0.151 e. The molecule has 4 nitrogen and oxygen atoms in total. The lowest BCUT2D eigenvalue weighted by atomic mass is 9.99. The number of aryl methyl sites for hydroxylation is 2. The van der Waals surface area contributed by atoms with Crippen LogP contribution < -0.4 is 0 Å². The Hall–Kier alpha value is -1.19. The zero-order chi connectivity index (χ0) is 10.1. The highest BCUT2D eigenvalue weighted by molar-refractivity contribution is 5.63. The zero-order valence-electron chi connectivity index (χ0n) is 8.87. The van der Waals surface area contributed by atoms with Crippen molar-refractivity contribution in [3.63, 3.8) is 0 Å². The van der Waals surface area contributed by atoms with E-state index in [1.165, 1.54) is 0 Å². The van der Waals surface area contributed by atoms with Gasteiger partial charge in [-0.2, -0.15) is 5.10 Å². The van der Waals surface area contributed by atoms with Gasteiger partial charge in [-0.3, -0.25) is 0 Å². The van der Waals surface area contributed by atoms with Gasteiger partial charge in [0.2, 0.25) is 0 Å². The number of aromatic nitrogens is 3. The van der Waals surface area contributed by atoms with Crippen LogP contribution in [0.1, 0.15) is 32.4 Å². The molecule has 0 fully saturated rings. The fourth-order valence-corrected chi connectivity index (χ4v) is 0.862. The molecule has 0 atom stereocenters.